The van der Waals surface area contributed by atoms with Crippen LogP contribution in [0.3, 0.4) is 0 Å². The first-order chi connectivity index (χ1) is 10.9. The zero-order chi connectivity index (χ0) is 18.3. The molecule has 0 amide bonds. The SMILES string of the molecule is Cc1cc(C)c(S(=O)(=O)N[C@@H](C)c2nnc(S(C)(=O)=O)o2)c(C)c1. The van der Waals surface area contributed by atoms with Gasteiger partial charge in [0.05, 0.1) is 10.9 Å². The van der Waals surface area contributed by atoms with Crippen molar-refractivity contribution in [3.05, 3.63) is 34.7 Å². The molecule has 0 unspecified atom stereocenters. The smallest absolute Gasteiger partial charge is 0.335 e. The third-order valence-corrected chi connectivity index (χ3v) is 5.96. The number of rotatable bonds is 5. The van der Waals surface area contributed by atoms with Gasteiger partial charge in [0.25, 0.3) is 0 Å². The van der Waals surface area contributed by atoms with E-state index >= 15 is 0 Å². The summed E-state index contributed by atoms with van der Waals surface area (Å²) in [5.74, 6) is -0.124. The number of hydrogen-bond acceptors (Lipinski definition) is 7. The number of aromatic nitrogens is 2. The van der Waals surface area contributed by atoms with Crippen LogP contribution in [0.25, 0.3) is 0 Å². The normalized spacial score (nSPS) is 13.9. The fraction of sp³-hybridized carbons (Fsp3) is 0.429. The summed E-state index contributed by atoms with van der Waals surface area (Å²) in [5, 5.41) is 6.47. The summed E-state index contributed by atoms with van der Waals surface area (Å²) in [6.07, 6.45) is 0.929. The molecule has 8 nitrogen and oxygen atoms in total. The van der Waals surface area contributed by atoms with Gasteiger partial charge in [-0.25, -0.2) is 16.8 Å². The van der Waals surface area contributed by atoms with Gasteiger partial charge in [-0.05, 0) is 38.8 Å². The summed E-state index contributed by atoms with van der Waals surface area (Å²) in [6, 6.07) is 2.68. The molecular weight excluding hydrogens is 354 g/mol. The number of nitrogens with one attached hydrogen (secondary N) is 1. The first-order valence-corrected chi connectivity index (χ1v) is 10.4. The fourth-order valence-electron chi connectivity index (χ4n) is 2.48. The molecule has 24 heavy (non-hydrogen) atoms. The molecule has 0 radical (unpaired) electrons. The lowest BCUT2D eigenvalue weighted by Gasteiger charge is -2.15. The summed E-state index contributed by atoms with van der Waals surface area (Å²) in [7, 11) is -7.49. The van der Waals surface area contributed by atoms with Gasteiger partial charge in [0.2, 0.25) is 25.8 Å². The van der Waals surface area contributed by atoms with E-state index in [1.54, 1.807) is 26.0 Å². The summed E-state index contributed by atoms with van der Waals surface area (Å²) in [6.45, 7) is 6.81. The molecule has 0 fully saturated rings. The summed E-state index contributed by atoms with van der Waals surface area (Å²) >= 11 is 0. The Morgan fingerprint density at radius 2 is 1.58 bits per heavy atom. The lowest BCUT2D eigenvalue weighted by Crippen LogP contribution is -2.28. The Bertz CT molecular complexity index is 955. The van der Waals surface area contributed by atoms with Crippen molar-refractivity contribution in [1.29, 1.82) is 0 Å². The van der Waals surface area contributed by atoms with Crippen molar-refractivity contribution >= 4 is 19.9 Å². The lowest BCUT2D eigenvalue weighted by atomic mass is 10.1. The topological polar surface area (TPSA) is 119 Å². The monoisotopic (exact) mass is 373 g/mol. The first kappa shape index (κ1) is 18.6. The maximum absolute atomic E-state index is 12.7. The van der Waals surface area contributed by atoms with Crippen LogP contribution in [0.5, 0.6) is 0 Å². The molecule has 0 aliphatic heterocycles. The van der Waals surface area contributed by atoms with Gasteiger partial charge in [-0.3, -0.25) is 0 Å². The molecule has 1 heterocycles. The highest BCUT2D eigenvalue weighted by atomic mass is 32.2. The zero-order valence-corrected chi connectivity index (χ0v) is 15.6. The van der Waals surface area contributed by atoms with Crippen molar-refractivity contribution in [3.63, 3.8) is 0 Å². The van der Waals surface area contributed by atoms with Crippen LogP contribution in [-0.2, 0) is 19.9 Å². The molecule has 1 aromatic carbocycles. The molecule has 1 N–H and O–H groups in total. The average molecular weight is 373 g/mol. The Morgan fingerprint density at radius 1 is 1.04 bits per heavy atom. The van der Waals surface area contributed by atoms with E-state index in [-0.39, 0.29) is 10.8 Å². The van der Waals surface area contributed by atoms with Crippen LogP contribution < -0.4 is 4.72 Å². The van der Waals surface area contributed by atoms with Crippen LogP contribution in [0.1, 0.15) is 35.5 Å². The van der Waals surface area contributed by atoms with Gasteiger partial charge in [-0.1, -0.05) is 22.8 Å². The average Bonchev–Trinajstić information content (AvgIpc) is 2.85. The van der Waals surface area contributed by atoms with Crippen molar-refractivity contribution in [2.24, 2.45) is 0 Å². The highest BCUT2D eigenvalue weighted by Crippen LogP contribution is 2.24. The van der Waals surface area contributed by atoms with Gasteiger partial charge < -0.3 is 4.42 Å². The van der Waals surface area contributed by atoms with E-state index < -0.39 is 31.1 Å². The van der Waals surface area contributed by atoms with Crippen molar-refractivity contribution < 1.29 is 21.3 Å². The Balaban J connectivity index is 2.34. The fourth-order valence-corrected chi connectivity index (χ4v) is 4.55. The number of benzene rings is 1. The maximum Gasteiger partial charge on any atom is 0.335 e. The Kier molecular flexibility index (Phi) is 4.84. The van der Waals surface area contributed by atoms with Crippen molar-refractivity contribution in [2.45, 2.75) is 43.9 Å². The molecule has 1 aromatic heterocycles. The number of sulfone groups is 1. The summed E-state index contributed by atoms with van der Waals surface area (Å²) in [4.78, 5) is 0.183. The molecule has 2 rings (SSSR count). The molecule has 0 bridgehead atoms. The molecule has 132 valence electrons. The maximum atomic E-state index is 12.7. The third kappa shape index (κ3) is 3.82. The molecular formula is C14H19N3O5S2. The van der Waals surface area contributed by atoms with Crippen LogP contribution in [0.2, 0.25) is 0 Å². The van der Waals surface area contributed by atoms with E-state index in [9.17, 15) is 16.8 Å². The molecule has 0 aliphatic rings. The van der Waals surface area contributed by atoms with E-state index in [0.29, 0.717) is 11.1 Å². The van der Waals surface area contributed by atoms with Gasteiger partial charge in [0.1, 0.15) is 0 Å². The van der Waals surface area contributed by atoms with Crippen molar-refractivity contribution in [3.8, 4) is 0 Å². The van der Waals surface area contributed by atoms with Crippen LogP contribution in [-0.4, -0.2) is 33.3 Å². The largest absolute Gasteiger partial charge is 0.411 e. The van der Waals surface area contributed by atoms with Crippen molar-refractivity contribution in [1.82, 2.24) is 14.9 Å². The van der Waals surface area contributed by atoms with E-state index in [4.69, 9.17) is 4.42 Å². The summed E-state index contributed by atoms with van der Waals surface area (Å²) < 4.78 is 55.5. The van der Waals surface area contributed by atoms with Crippen LogP contribution in [0.15, 0.2) is 26.7 Å². The highest BCUT2D eigenvalue weighted by molar-refractivity contribution is 7.90. The number of nitrogens with zero attached hydrogens (tertiary/aromatic N) is 2. The second kappa shape index (κ2) is 6.26. The molecule has 0 spiro atoms. The van der Waals surface area contributed by atoms with Gasteiger partial charge in [0, 0.05) is 6.26 Å². The van der Waals surface area contributed by atoms with E-state index in [2.05, 4.69) is 14.9 Å². The van der Waals surface area contributed by atoms with Gasteiger partial charge in [0.15, 0.2) is 0 Å². The predicted molar refractivity (Wildman–Crippen MR) is 86.8 cm³/mol. The standard InChI is InChI=1S/C14H19N3O5S2/c1-8-6-9(2)12(10(3)7-8)24(20,21)17-11(4)13-15-16-14(22-13)23(5,18)19/h6-7,11,17H,1-5H3/t11-/m0/s1. The van der Waals surface area contributed by atoms with Crippen molar-refractivity contribution in [2.75, 3.05) is 6.26 Å². The van der Waals surface area contributed by atoms with E-state index in [1.165, 1.54) is 6.92 Å². The Labute approximate surface area is 141 Å². The second-order valence-corrected chi connectivity index (χ2v) is 9.29. The van der Waals surface area contributed by atoms with E-state index in [0.717, 1.165) is 11.8 Å². The molecule has 0 saturated carbocycles. The first-order valence-electron chi connectivity index (χ1n) is 7.05. The quantitative estimate of drug-likeness (QED) is 0.842. The van der Waals surface area contributed by atoms with E-state index in [1.807, 2.05) is 6.92 Å². The minimum atomic E-state index is -3.84. The predicted octanol–water partition coefficient (Wildman–Crippen LogP) is 1.44. The molecule has 2 aromatic rings. The number of hydrogen-bond donors (Lipinski definition) is 1. The molecule has 1 atom stereocenters. The number of aryl methyl sites for hydroxylation is 3. The Morgan fingerprint density at radius 3 is 2.04 bits per heavy atom. The van der Waals surface area contributed by atoms with Gasteiger partial charge in [-0.2, -0.15) is 4.72 Å². The van der Waals surface area contributed by atoms with Gasteiger partial charge >= 0.3 is 5.22 Å². The minimum Gasteiger partial charge on any atom is -0.411 e. The lowest BCUT2D eigenvalue weighted by molar-refractivity contribution is 0.373. The zero-order valence-electron chi connectivity index (χ0n) is 14.0. The molecule has 10 heteroatoms. The summed E-state index contributed by atoms with van der Waals surface area (Å²) in [5.41, 5.74) is 2.20. The molecule has 0 saturated heterocycles. The number of sulfonamides is 1. The Hall–Kier alpha value is -1.78. The van der Waals surface area contributed by atoms with Gasteiger partial charge in [-0.15, -0.1) is 5.10 Å². The van der Waals surface area contributed by atoms with Crippen LogP contribution >= 0.6 is 0 Å². The molecule has 0 aliphatic carbocycles. The minimum absolute atomic E-state index is 0.124. The van der Waals surface area contributed by atoms with Crippen LogP contribution in [0, 0.1) is 20.8 Å². The second-order valence-electron chi connectivity index (χ2n) is 5.75. The third-order valence-electron chi connectivity index (χ3n) is 3.32. The highest BCUT2D eigenvalue weighted by Gasteiger charge is 2.26. The van der Waals surface area contributed by atoms with Crippen LogP contribution in [0.4, 0.5) is 0 Å².